The van der Waals surface area contributed by atoms with Gasteiger partial charge in [0, 0.05) is 12.1 Å². The minimum Gasteiger partial charge on any atom is -0.348 e. The van der Waals surface area contributed by atoms with Crippen LogP contribution in [-0.2, 0) is 22.0 Å². The molecule has 0 fully saturated rings. The van der Waals surface area contributed by atoms with E-state index in [9.17, 15) is 13.2 Å². The van der Waals surface area contributed by atoms with Crippen molar-refractivity contribution in [3.05, 3.63) is 64.2 Å². The van der Waals surface area contributed by atoms with Crippen LogP contribution in [0.2, 0.25) is 5.02 Å². The van der Waals surface area contributed by atoms with Crippen LogP contribution in [0.15, 0.2) is 47.4 Å². The Morgan fingerprint density at radius 1 is 1.12 bits per heavy atom. The molecule has 0 unspecified atom stereocenters. The lowest BCUT2D eigenvalue weighted by atomic mass is 9.87. The minimum absolute atomic E-state index is 0.0168. The van der Waals surface area contributed by atoms with Crippen LogP contribution < -0.4 is 10.5 Å². The first-order valence-electron chi connectivity index (χ1n) is 7.68. The van der Waals surface area contributed by atoms with Gasteiger partial charge in [0.2, 0.25) is 10.0 Å². The van der Waals surface area contributed by atoms with Crippen LogP contribution in [0, 0.1) is 0 Å². The predicted molar refractivity (Wildman–Crippen MR) is 99.1 cm³/mol. The van der Waals surface area contributed by atoms with E-state index in [2.05, 4.69) is 26.1 Å². The minimum atomic E-state index is -3.99. The van der Waals surface area contributed by atoms with Crippen molar-refractivity contribution in [2.75, 3.05) is 0 Å². The molecule has 0 bridgehead atoms. The summed E-state index contributed by atoms with van der Waals surface area (Å²) in [4.78, 5) is 12.0. The average molecular weight is 381 g/mol. The first-order chi connectivity index (χ1) is 11.5. The maximum Gasteiger partial charge on any atom is 0.251 e. The van der Waals surface area contributed by atoms with Crippen molar-refractivity contribution in [3.8, 4) is 0 Å². The lowest BCUT2D eigenvalue weighted by Crippen LogP contribution is -2.23. The number of carbonyl (C=O) groups is 1. The largest absolute Gasteiger partial charge is 0.348 e. The Kier molecular flexibility index (Phi) is 5.56. The molecular formula is C18H21ClN2O3S. The molecule has 0 saturated carbocycles. The van der Waals surface area contributed by atoms with Gasteiger partial charge in [-0.2, -0.15) is 0 Å². The molecule has 0 heterocycles. The van der Waals surface area contributed by atoms with Crippen LogP contribution in [0.4, 0.5) is 0 Å². The number of primary sulfonamides is 1. The van der Waals surface area contributed by atoms with Crippen LogP contribution in [0.25, 0.3) is 0 Å². The first-order valence-corrected chi connectivity index (χ1v) is 9.61. The lowest BCUT2D eigenvalue weighted by Gasteiger charge is -2.19. The second kappa shape index (κ2) is 7.15. The number of hydrogen-bond donors (Lipinski definition) is 2. The Morgan fingerprint density at radius 3 is 2.24 bits per heavy atom. The molecular weight excluding hydrogens is 360 g/mol. The third-order valence-corrected chi connectivity index (χ3v) is 5.17. The van der Waals surface area contributed by atoms with Crippen LogP contribution in [0.5, 0.6) is 0 Å². The van der Waals surface area contributed by atoms with Gasteiger partial charge in [-0.15, -0.1) is 0 Å². The Bertz CT molecular complexity index is 886. The Balaban J connectivity index is 2.11. The van der Waals surface area contributed by atoms with Gasteiger partial charge in [0.15, 0.2) is 0 Å². The van der Waals surface area contributed by atoms with E-state index in [0.717, 1.165) is 5.56 Å². The first kappa shape index (κ1) is 19.4. The van der Waals surface area contributed by atoms with Crippen molar-refractivity contribution in [2.24, 2.45) is 5.14 Å². The molecule has 0 spiro atoms. The lowest BCUT2D eigenvalue weighted by molar-refractivity contribution is 0.0950. The van der Waals surface area contributed by atoms with Crippen molar-refractivity contribution in [1.29, 1.82) is 0 Å². The SMILES string of the molecule is CC(C)(C)c1ccc(CNC(=O)c2ccc(Cl)c(S(N)(=O)=O)c2)cc1. The molecule has 0 radical (unpaired) electrons. The summed E-state index contributed by atoms with van der Waals surface area (Å²) in [6.45, 7) is 6.73. The molecule has 0 atom stereocenters. The summed E-state index contributed by atoms with van der Waals surface area (Å²) in [6, 6.07) is 11.9. The zero-order valence-corrected chi connectivity index (χ0v) is 15.9. The van der Waals surface area contributed by atoms with Crippen molar-refractivity contribution in [1.82, 2.24) is 5.32 Å². The predicted octanol–water partition coefficient (Wildman–Crippen LogP) is 3.21. The molecule has 2 aromatic rings. The van der Waals surface area contributed by atoms with E-state index in [4.69, 9.17) is 16.7 Å². The van der Waals surface area contributed by atoms with E-state index < -0.39 is 15.9 Å². The number of benzene rings is 2. The van der Waals surface area contributed by atoms with Gasteiger partial charge >= 0.3 is 0 Å². The molecule has 2 aromatic carbocycles. The molecule has 0 saturated heterocycles. The number of halogens is 1. The van der Waals surface area contributed by atoms with Crippen LogP contribution in [-0.4, -0.2) is 14.3 Å². The quantitative estimate of drug-likeness (QED) is 0.853. The van der Waals surface area contributed by atoms with Crippen molar-refractivity contribution in [2.45, 2.75) is 37.6 Å². The van der Waals surface area contributed by atoms with E-state index >= 15 is 0 Å². The molecule has 0 aliphatic carbocycles. The van der Waals surface area contributed by atoms with Gasteiger partial charge in [-0.25, -0.2) is 13.6 Å². The third kappa shape index (κ3) is 5.04. The third-order valence-electron chi connectivity index (χ3n) is 3.77. The molecule has 3 N–H and O–H groups in total. The number of rotatable bonds is 4. The van der Waals surface area contributed by atoms with Gasteiger partial charge < -0.3 is 5.32 Å². The number of hydrogen-bond acceptors (Lipinski definition) is 3. The van der Waals surface area contributed by atoms with E-state index in [0.29, 0.717) is 6.54 Å². The smallest absolute Gasteiger partial charge is 0.251 e. The molecule has 2 rings (SSSR count). The molecule has 0 aliphatic rings. The molecule has 0 aliphatic heterocycles. The monoisotopic (exact) mass is 380 g/mol. The topological polar surface area (TPSA) is 89.3 Å². The summed E-state index contributed by atoms with van der Waals surface area (Å²) in [7, 11) is -3.99. The van der Waals surface area contributed by atoms with Gasteiger partial charge in [-0.1, -0.05) is 56.6 Å². The number of nitrogens with one attached hydrogen (secondary N) is 1. The maximum absolute atomic E-state index is 12.2. The summed E-state index contributed by atoms with van der Waals surface area (Å²) < 4.78 is 23.0. The standard InChI is InChI=1S/C18H21ClN2O3S/c1-18(2,3)14-7-4-12(5-8-14)11-21-17(22)13-6-9-15(19)16(10-13)25(20,23)24/h4-10H,11H2,1-3H3,(H,21,22)(H2,20,23,24). The van der Waals surface area contributed by atoms with Gasteiger partial charge in [0.25, 0.3) is 5.91 Å². The average Bonchev–Trinajstić information content (AvgIpc) is 2.51. The van der Waals surface area contributed by atoms with Gasteiger partial charge in [-0.3, -0.25) is 4.79 Å². The molecule has 25 heavy (non-hydrogen) atoms. The highest BCUT2D eigenvalue weighted by Crippen LogP contribution is 2.23. The van der Waals surface area contributed by atoms with Crippen molar-refractivity contribution in [3.63, 3.8) is 0 Å². The highest BCUT2D eigenvalue weighted by molar-refractivity contribution is 7.89. The fourth-order valence-corrected chi connectivity index (χ4v) is 3.34. The molecule has 1 amide bonds. The fourth-order valence-electron chi connectivity index (χ4n) is 2.27. The summed E-state index contributed by atoms with van der Waals surface area (Å²) in [6.07, 6.45) is 0. The number of carbonyl (C=O) groups excluding carboxylic acids is 1. The molecule has 134 valence electrons. The van der Waals surface area contributed by atoms with Gasteiger partial charge in [-0.05, 0) is 34.7 Å². The Labute approximate surface area is 153 Å². The van der Waals surface area contributed by atoms with Crippen LogP contribution in [0.1, 0.15) is 42.3 Å². The highest BCUT2D eigenvalue weighted by Gasteiger charge is 2.16. The summed E-state index contributed by atoms with van der Waals surface area (Å²) in [5, 5.41) is 7.83. The summed E-state index contributed by atoms with van der Waals surface area (Å²) in [5.74, 6) is -0.401. The fraction of sp³-hybridized carbons (Fsp3) is 0.278. The molecule has 7 heteroatoms. The van der Waals surface area contributed by atoms with Gasteiger partial charge in [0.1, 0.15) is 4.90 Å². The highest BCUT2D eigenvalue weighted by atomic mass is 35.5. The Morgan fingerprint density at radius 2 is 1.72 bits per heavy atom. The summed E-state index contributed by atoms with van der Waals surface area (Å²) >= 11 is 5.82. The number of sulfonamides is 1. The van der Waals surface area contributed by atoms with Crippen LogP contribution in [0.3, 0.4) is 0 Å². The van der Waals surface area contributed by atoms with Crippen LogP contribution >= 0.6 is 11.6 Å². The van der Waals surface area contributed by atoms with Gasteiger partial charge in [0.05, 0.1) is 5.02 Å². The maximum atomic E-state index is 12.2. The van der Waals surface area contributed by atoms with E-state index in [1.807, 2.05) is 24.3 Å². The molecule has 0 aromatic heterocycles. The van der Waals surface area contributed by atoms with E-state index in [1.165, 1.54) is 23.8 Å². The Hall–Kier alpha value is -1.89. The molecule has 5 nitrogen and oxygen atoms in total. The zero-order valence-electron chi connectivity index (χ0n) is 14.3. The normalized spacial score (nSPS) is 12.0. The zero-order chi connectivity index (χ0) is 18.8. The summed E-state index contributed by atoms with van der Waals surface area (Å²) in [5.41, 5.74) is 2.40. The second-order valence-electron chi connectivity index (χ2n) is 6.82. The van der Waals surface area contributed by atoms with Crippen molar-refractivity contribution < 1.29 is 13.2 Å². The second-order valence-corrected chi connectivity index (χ2v) is 8.76. The number of nitrogens with two attached hydrogens (primary N) is 1. The van der Waals surface area contributed by atoms with E-state index in [-0.39, 0.29) is 20.9 Å². The van der Waals surface area contributed by atoms with Crippen molar-refractivity contribution >= 4 is 27.5 Å². The van der Waals surface area contributed by atoms with E-state index in [1.54, 1.807) is 0 Å². The number of amides is 1.